The predicted molar refractivity (Wildman–Crippen MR) is 101 cm³/mol. The Morgan fingerprint density at radius 2 is 0.895 bits per heavy atom. The lowest BCUT2D eigenvalue weighted by Gasteiger charge is -2.42. The van der Waals surface area contributed by atoms with E-state index < -0.39 is 57.1 Å². The molecule has 1 aromatic rings. The van der Waals surface area contributed by atoms with Crippen molar-refractivity contribution in [2.45, 2.75) is 60.3 Å². The van der Waals surface area contributed by atoms with Gasteiger partial charge in [-0.3, -0.25) is 4.55 Å². The van der Waals surface area contributed by atoms with Gasteiger partial charge in [0.2, 0.25) is 0 Å². The van der Waals surface area contributed by atoms with Gasteiger partial charge in [-0.15, -0.1) is 0 Å². The van der Waals surface area contributed by atoms with E-state index in [0.29, 0.717) is 0 Å². The smallest absolute Gasteiger partial charge is 0.281 e. The van der Waals surface area contributed by atoms with Gasteiger partial charge in [0.1, 0.15) is 0 Å². The third kappa shape index (κ3) is 5.75. The molecule has 224 valence electrons. The Bertz CT molecular complexity index is 1070. The van der Waals surface area contributed by atoms with E-state index in [9.17, 15) is 83.1 Å². The van der Waals surface area contributed by atoms with Crippen molar-refractivity contribution in [1.82, 2.24) is 0 Å². The zero-order valence-corrected chi connectivity index (χ0v) is 20.5. The summed E-state index contributed by atoms with van der Waals surface area (Å²) in [6, 6.07) is 8.61. The van der Waals surface area contributed by atoms with E-state index in [1.807, 2.05) is 0 Å². The van der Waals surface area contributed by atoms with Crippen LogP contribution in [0.1, 0.15) is 12.5 Å². The number of rotatable bonds is 8. The topological polar surface area (TPSA) is 54.4 Å². The van der Waals surface area contributed by atoms with Crippen LogP contribution in [0.2, 0.25) is 0 Å². The second-order valence-corrected chi connectivity index (χ2v) is 9.62. The van der Waals surface area contributed by atoms with Crippen LogP contribution in [0, 0.1) is 3.57 Å². The van der Waals surface area contributed by atoms with E-state index >= 15 is 0 Å². The summed E-state index contributed by atoms with van der Waals surface area (Å²) in [5.74, 6) is -52.0. The molecular weight excluding hydrogens is 722 g/mol. The minimum atomic E-state index is -8.89. The molecule has 0 saturated heterocycles. The number of halogens is 18. The van der Waals surface area contributed by atoms with E-state index in [4.69, 9.17) is 4.55 Å². The Morgan fingerprint density at radius 3 is 1.16 bits per heavy atom. The molecule has 0 aliphatic carbocycles. The van der Waals surface area contributed by atoms with Crippen LogP contribution in [-0.4, -0.2) is 59.9 Å². The monoisotopic (exact) mass is 732 g/mol. The summed E-state index contributed by atoms with van der Waals surface area (Å²) in [5, 5.41) is -7.84. The van der Waals surface area contributed by atoms with Gasteiger partial charge in [0, 0.05) is 3.57 Å². The Hall–Kier alpha value is -1.33. The Kier molecular flexibility index (Phi) is 10.2. The molecule has 1 aromatic carbocycles. The van der Waals surface area contributed by atoms with Crippen LogP contribution >= 0.6 is 22.6 Å². The van der Waals surface area contributed by atoms with Gasteiger partial charge in [-0.25, -0.2) is 0 Å². The second kappa shape index (κ2) is 10.6. The maximum absolute atomic E-state index is 13.0. The summed E-state index contributed by atoms with van der Waals surface area (Å²) in [6.07, 6.45) is -6.75. The summed E-state index contributed by atoms with van der Waals surface area (Å²) >= 11 is 2.31. The lowest BCUT2D eigenvalue weighted by atomic mass is 9.91. The third-order valence-electron chi connectivity index (χ3n) is 4.34. The van der Waals surface area contributed by atoms with Crippen molar-refractivity contribution < 1.29 is 87.6 Å². The van der Waals surface area contributed by atoms with Crippen molar-refractivity contribution in [1.29, 1.82) is 0 Å². The van der Waals surface area contributed by atoms with Crippen LogP contribution in [0.4, 0.5) is 74.6 Å². The van der Waals surface area contributed by atoms with E-state index in [2.05, 4.69) is 53.8 Å². The Morgan fingerprint density at radius 1 is 0.605 bits per heavy atom. The first-order valence-corrected chi connectivity index (χ1v) is 11.3. The van der Waals surface area contributed by atoms with Crippen LogP contribution in [0.5, 0.6) is 0 Å². The van der Waals surface area contributed by atoms with Gasteiger partial charge in [0.25, 0.3) is 0 Å². The van der Waals surface area contributed by atoms with Crippen molar-refractivity contribution in [2.24, 2.45) is 0 Å². The Labute approximate surface area is 214 Å². The standard InChI is InChI=1S/C8HF17O3S.C8H9I/c9-1(10,3(13,14)5(17,18)7(21,22)23)2(11,12)4(15,16)6(19,20)8(24,25)29(26,27)28;1-2-7-3-5-8(9)6-4-7/h(H,26,27,28);3-6H,2H2,1H3. The molecule has 0 aliphatic rings. The van der Waals surface area contributed by atoms with Gasteiger partial charge in [-0.05, 0) is 46.7 Å². The normalized spacial score (nSPS) is 15.2. The van der Waals surface area contributed by atoms with Crippen molar-refractivity contribution in [3.63, 3.8) is 0 Å². The van der Waals surface area contributed by atoms with Crippen LogP contribution in [0.25, 0.3) is 0 Å². The minimum Gasteiger partial charge on any atom is -0.281 e. The van der Waals surface area contributed by atoms with Gasteiger partial charge in [-0.1, -0.05) is 19.1 Å². The quantitative estimate of drug-likeness (QED) is 0.170. The van der Waals surface area contributed by atoms with Gasteiger partial charge in [-0.2, -0.15) is 83.1 Å². The van der Waals surface area contributed by atoms with E-state index in [0.717, 1.165) is 6.42 Å². The fourth-order valence-electron chi connectivity index (χ4n) is 2.03. The molecule has 0 unspecified atom stereocenters. The van der Waals surface area contributed by atoms with Gasteiger partial charge < -0.3 is 0 Å². The molecule has 0 atom stereocenters. The molecule has 0 amide bonds. The first-order chi connectivity index (χ1) is 16.3. The van der Waals surface area contributed by atoms with Crippen LogP contribution < -0.4 is 0 Å². The molecule has 3 nitrogen and oxygen atoms in total. The highest BCUT2D eigenvalue weighted by molar-refractivity contribution is 14.1. The highest BCUT2D eigenvalue weighted by Crippen LogP contribution is 2.64. The third-order valence-corrected chi connectivity index (χ3v) is 5.96. The molecular formula is C16H10F17IO3S. The number of alkyl halides is 17. The lowest BCUT2D eigenvalue weighted by Crippen LogP contribution is -2.74. The van der Waals surface area contributed by atoms with E-state index in [1.165, 1.54) is 9.13 Å². The minimum absolute atomic E-state index is 1.14. The number of aryl methyl sites for hydroxylation is 1. The number of hydrogen-bond acceptors (Lipinski definition) is 2. The van der Waals surface area contributed by atoms with Gasteiger partial charge in [0.15, 0.2) is 0 Å². The highest BCUT2D eigenvalue weighted by atomic mass is 127. The van der Waals surface area contributed by atoms with Crippen molar-refractivity contribution in [3.05, 3.63) is 33.4 Å². The lowest BCUT2D eigenvalue weighted by molar-refractivity contribution is -0.458. The molecule has 1 N–H and O–H groups in total. The average molecular weight is 732 g/mol. The molecule has 1 rings (SSSR count). The first-order valence-electron chi connectivity index (χ1n) is 8.75. The maximum atomic E-state index is 13.0. The molecule has 0 radical (unpaired) electrons. The highest BCUT2D eigenvalue weighted by Gasteiger charge is 2.96. The molecule has 0 heterocycles. The Balaban J connectivity index is 0.00000127. The molecule has 0 fully saturated rings. The zero-order chi connectivity index (χ0) is 31.2. The average Bonchev–Trinajstić information content (AvgIpc) is 2.72. The largest absolute Gasteiger partial charge is 0.460 e. The zero-order valence-electron chi connectivity index (χ0n) is 17.5. The van der Waals surface area contributed by atoms with Crippen molar-refractivity contribution in [3.8, 4) is 0 Å². The molecule has 0 bridgehead atoms. The summed E-state index contributed by atoms with van der Waals surface area (Å²) < 4.78 is 244. The van der Waals surface area contributed by atoms with E-state index in [-0.39, 0.29) is 0 Å². The number of benzene rings is 1. The first kappa shape index (κ1) is 36.7. The van der Waals surface area contributed by atoms with Gasteiger partial charge in [0.05, 0.1) is 0 Å². The van der Waals surface area contributed by atoms with Crippen LogP contribution in [-0.2, 0) is 16.5 Å². The van der Waals surface area contributed by atoms with E-state index in [1.54, 1.807) is 0 Å². The fraction of sp³-hybridized carbons (Fsp3) is 0.625. The predicted octanol–water partition coefficient (Wildman–Crippen LogP) is 7.69. The fourth-order valence-corrected chi connectivity index (χ4v) is 2.84. The molecule has 0 aromatic heterocycles. The molecule has 0 aliphatic heterocycles. The SMILES string of the molecule is CCc1ccc(I)cc1.O=S(=O)(O)C(F)(F)C(F)(F)C(F)(F)C(F)(F)C(F)(F)C(F)(F)C(F)(F)C(F)(F)F. The molecule has 0 saturated carbocycles. The molecule has 38 heavy (non-hydrogen) atoms. The molecule has 0 spiro atoms. The summed E-state index contributed by atoms with van der Waals surface area (Å²) in [7, 11) is -7.89. The van der Waals surface area contributed by atoms with Crippen LogP contribution in [0.3, 0.4) is 0 Å². The van der Waals surface area contributed by atoms with Crippen LogP contribution in [0.15, 0.2) is 24.3 Å². The van der Waals surface area contributed by atoms with Crippen molar-refractivity contribution >= 4 is 32.7 Å². The number of hydrogen-bond donors (Lipinski definition) is 1. The summed E-state index contributed by atoms with van der Waals surface area (Å²) in [4.78, 5) is 0. The second-order valence-electron chi connectivity index (χ2n) is 6.92. The van der Waals surface area contributed by atoms with Crippen molar-refractivity contribution in [2.75, 3.05) is 0 Å². The molecule has 22 heteroatoms. The summed E-state index contributed by atoms with van der Waals surface area (Å²) in [6.45, 7) is 2.17. The summed E-state index contributed by atoms with van der Waals surface area (Å²) in [5.41, 5.74) is 1.41. The maximum Gasteiger partial charge on any atom is 0.460 e. The van der Waals surface area contributed by atoms with Gasteiger partial charge >= 0.3 is 57.1 Å².